The van der Waals surface area contributed by atoms with Gasteiger partial charge in [0.15, 0.2) is 0 Å². The number of nitrogens with zero attached hydrogens (tertiary/aromatic N) is 1. The molecule has 0 heterocycles. The zero-order valence-electron chi connectivity index (χ0n) is 9.47. The van der Waals surface area contributed by atoms with Gasteiger partial charge in [0.1, 0.15) is 0 Å². The first kappa shape index (κ1) is 14.0. The van der Waals surface area contributed by atoms with Crippen molar-refractivity contribution in [3.05, 3.63) is 56.6 Å². The third-order valence-corrected chi connectivity index (χ3v) is 3.95. The molecule has 98 valence electrons. The molecule has 2 aromatic rings. The van der Waals surface area contributed by atoms with E-state index < -0.39 is 4.92 Å². The summed E-state index contributed by atoms with van der Waals surface area (Å²) in [6.45, 7) is 0. The standard InChI is InChI=1S/C12H8Cl2N2O2S/c13-11-2-1-9(6-12(11)14)19-10-4-7(15)3-8(5-10)16(17)18/h1-6H,15H2. The lowest BCUT2D eigenvalue weighted by molar-refractivity contribution is -0.385. The van der Waals surface area contributed by atoms with Gasteiger partial charge in [-0.3, -0.25) is 10.1 Å². The van der Waals surface area contributed by atoms with Crippen LogP contribution in [-0.2, 0) is 0 Å². The molecule has 2 N–H and O–H groups in total. The number of nitro benzene ring substituents is 1. The van der Waals surface area contributed by atoms with Gasteiger partial charge < -0.3 is 5.73 Å². The van der Waals surface area contributed by atoms with Gasteiger partial charge in [-0.2, -0.15) is 0 Å². The zero-order valence-corrected chi connectivity index (χ0v) is 11.8. The summed E-state index contributed by atoms with van der Waals surface area (Å²) in [6, 6.07) is 9.60. The molecule has 0 bridgehead atoms. The summed E-state index contributed by atoms with van der Waals surface area (Å²) >= 11 is 13.1. The molecule has 0 atom stereocenters. The summed E-state index contributed by atoms with van der Waals surface area (Å²) < 4.78 is 0. The van der Waals surface area contributed by atoms with Crippen molar-refractivity contribution in [3.63, 3.8) is 0 Å². The largest absolute Gasteiger partial charge is 0.398 e. The molecule has 0 spiro atoms. The molecule has 0 fully saturated rings. The number of halogens is 2. The van der Waals surface area contributed by atoms with Crippen molar-refractivity contribution in [2.24, 2.45) is 0 Å². The lowest BCUT2D eigenvalue weighted by atomic mass is 10.3. The average Bonchev–Trinajstić information content (AvgIpc) is 2.33. The number of rotatable bonds is 3. The Morgan fingerprint density at radius 3 is 2.42 bits per heavy atom. The Labute approximate surface area is 123 Å². The van der Waals surface area contributed by atoms with Crippen LogP contribution in [-0.4, -0.2) is 4.92 Å². The SMILES string of the molecule is Nc1cc(Sc2ccc(Cl)c(Cl)c2)cc([N+](=O)[O-])c1. The molecule has 0 aromatic heterocycles. The number of anilines is 1. The fourth-order valence-electron chi connectivity index (χ4n) is 1.45. The quantitative estimate of drug-likeness (QED) is 0.509. The van der Waals surface area contributed by atoms with E-state index >= 15 is 0 Å². The van der Waals surface area contributed by atoms with E-state index in [1.807, 2.05) is 0 Å². The van der Waals surface area contributed by atoms with E-state index in [0.29, 0.717) is 20.6 Å². The smallest absolute Gasteiger partial charge is 0.272 e. The zero-order chi connectivity index (χ0) is 14.0. The number of hydrogen-bond donors (Lipinski definition) is 1. The van der Waals surface area contributed by atoms with Gasteiger partial charge in [0.05, 0.1) is 15.0 Å². The van der Waals surface area contributed by atoms with Gasteiger partial charge in [-0.1, -0.05) is 35.0 Å². The summed E-state index contributed by atoms with van der Waals surface area (Å²) in [5.41, 5.74) is 5.94. The first-order valence-corrected chi connectivity index (χ1v) is 6.71. The lowest BCUT2D eigenvalue weighted by Gasteiger charge is -2.04. The molecule has 0 saturated carbocycles. The Morgan fingerprint density at radius 2 is 1.79 bits per heavy atom. The Morgan fingerprint density at radius 1 is 1.05 bits per heavy atom. The van der Waals surface area contributed by atoms with Crippen LogP contribution in [0.4, 0.5) is 11.4 Å². The molecule has 0 amide bonds. The third-order valence-electron chi connectivity index (χ3n) is 2.25. The summed E-state index contributed by atoms with van der Waals surface area (Å²) in [4.78, 5) is 11.8. The van der Waals surface area contributed by atoms with Gasteiger partial charge >= 0.3 is 0 Å². The van der Waals surface area contributed by atoms with E-state index in [1.54, 1.807) is 24.3 Å². The van der Waals surface area contributed by atoms with Gasteiger partial charge in [-0.25, -0.2) is 0 Å². The maximum Gasteiger partial charge on any atom is 0.272 e. The van der Waals surface area contributed by atoms with E-state index in [2.05, 4.69) is 0 Å². The van der Waals surface area contributed by atoms with Gasteiger partial charge in [0.25, 0.3) is 5.69 Å². The highest BCUT2D eigenvalue weighted by molar-refractivity contribution is 7.99. The lowest BCUT2D eigenvalue weighted by Crippen LogP contribution is -1.92. The Bertz CT molecular complexity index is 650. The fourth-order valence-corrected chi connectivity index (χ4v) is 2.77. The van der Waals surface area contributed by atoms with Crippen LogP contribution in [0, 0.1) is 10.1 Å². The third kappa shape index (κ3) is 3.53. The van der Waals surface area contributed by atoms with Crippen molar-refractivity contribution >= 4 is 46.3 Å². The van der Waals surface area contributed by atoms with Crippen LogP contribution >= 0.6 is 35.0 Å². The van der Waals surface area contributed by atoms with Crippen molar-refractivity contribution in [1.82, 2.24) is 0 Å². The van der Waals surface area contributed by atoms with E-state index in [4.69, 9.17) is 28.9 Å². The molecule has 0 aliphatic heterocycles. The number of non-ortho nitro benzene ring substituents is 1. The van der Waals surface area contributed by atoms with Crippen molar-refractivity contribution < 1.29 is 4.92 Å². The molecule has 0 unspecified atom stereocenters. The molecule has 0 saturated heterocycles. The summed E-state index contributed by atoms with van der Waals surface area (Å²) in [5, 5.41) is 11.7. The van der Waals surface area contributed by atoms with E-state index in [1.165, 1.54) is 23.9 Å². The second kappa shape index (κ2) is 5.69. The van der Waals surface area contributed by atoms with Gasteiger partial charge in [0, 0.05) is 27.6 Å². The van der Waals surface area contributed by atoms with Crippen LogP contribution < -0.4 is 5.73 Å². The van der Waals surface area contributed by atoms with Crippen LogP contribution in [0.3, 0.4) is 0 Å². The Kier molecular flexibility index (Phi) is 4.19. The van der Waals surface area contributed by atoms with Crippen LogP contribution in [0.25, 0.3) is 0 Å². The molecular weight excluding hydrogens is 307 g/mol. The normalized spacial score (nSPS) is 10.4. The van der Waals surface area contributed by atoms with E-state index in [9.17, 15) is 10.1 Å². The molecule has 7 heteroatoms. The van der Waals surface area contributed by atoms with Crippen LogP contribution in [0.15, 0.2) is 46.2 Å². The van der Waals surface area contributed by atoms with Crippen LogP contribution in [0.1, 0.15) is 0 Å². The van der Waals surface area contributed by atoms with Gasteiger partial charge in [0.2, 0.25) is 0 Å². The van der Waals surface area contributed by atoms with Crippen molar-refractivity contribution in [3.8, 4) is 0 Å². The number of nitro groups is 1. The number of nitrogen functional groups attached to an aromatic ring is 1. The number of hydrogen-bond acceptors (Lipinski definition) is 4. The minimum Gasteiger partial charge on any atom is -0.398 e. The first-order valence-electron chi connectivity index (χ1n) is 5.13. The van der Waals surface area contributed by atoms with Crippen LogP contribution in [0.5, 0.6) is 0 Å². The maximum absolute atomic E-state index is 10.8. The predicted molar refractivity (Wildman–Crippen MR) is 78.1 cm³/mol. The second-order valence-electron chi connectivity index (χ2n) is 3.70. The highest BCUT2D eigenvalue weighted by Gasteiger charge is 2.10. The highest BCUT2D eigenvalue weighted by Crippen LogP contribution is 2.35. The van der Waals surface area contributed by atoms with Crippen molar-refractivity contribution in [2.45, 2.75) is 9.79 Å². The van der Waals surface area contributed by atoms with Gasteiger partial charge in [-0.05, 0) is 24.3 Å². The maximum atomic E-state index is 10.8. The number of benzene rings is 2. The molecule has 4 nitrogen and oxygen atoms in total. The molecule has 0 aliphatic rings. The highest BCUT2D eigenvalue weighted by atomic mass is 35.5. The van der Waals surface area contributed by atoms with E-state index in [-0.39, 0.29) is 5.69 Å². The van der Waals surface area contributed by atoms with Gasteiger partial charge in [-0.15, -0.1) is 0 Å². The summed E-state index contributed by atoms with van der Waals surface area (Å²) in [6.07, 6.45) is 0. The van der Waals surface area contributed by atoms with Crippen LogP contribution in [0.2, 0.25) is 10.0 Å². The molecule has 19 heavy (non-hydrogen) atoms. The Hall–Kier alpha value is -1.43. The second-order valence-corrected chi connectivity index (χ2v) is 5.66. The first-order chi connectivity index (χ1) is 8.95. The monoisotopic (exact) mass is 314 g/mol. The number of nitrogens with two attached hydrogens (primary N) is 1. The molecular formula is C12H8Cl2N2O2S. The fraction of sp³-hybridized carbons (Fsp3) is 0. The minimum absolute atomic E-state index is 0.0393. The van der Waals surface area contributed by atoms with E-state index in [0.717, 1.165) is 4.90 Å². The molecule has 0 aliphatic carbocycles. The predicted octanol–water partition coefficient (Wildman–Crippen LogP) is 4.64. The molecule has 0 radical (unpaired) electrons. The minimum atomic E-state index is -0.477. The topological polar surface area (TPSA) is 69.2 Å². The Balaban J connectivity index is 2.32. The summed E-state index contributed by atoms with van der Waals surface area (Å²) in [7, 11) is 0. The summed E-state index contributed by atoms with van der Waals surface area (Å²) in [5.74, 6) is 0. The molecule has 2 rings (SSSR count). The molecule has 2 aromatic carbocycles. The average molecular weight is 315 g/mol. The van der Waals surface area contributed by atoms with Crippen molar-refractivity contribution in [2.75, 3.05) is 5.73 Å². The van der Waals surface area contributed by atoms with Crippen molar-refractivity contribution in [1.29, 1.82) is 0 Å².